The summed E-state index contributed by atoms with van der Waals surface area (Å²) in [5.74, 6) is -0.719. The van der Waals surface area contributed by atoms with E-state index in [-0.39, 0.29) is 35.7 Å². The molecule has 0 bridgehead atoms. The fourth-order valence-corrected chi connectivity index (χ4v) is 2.19. The lowest BCUT2D eigenvalue weighted by atomic mass is 10.1. The maximum absolute atomic E-state index is 12.2. The molecule has 0 aliphatic heterocycles. The first kappa shape index (κ1) is 17.7. The van der Waals surface area contributed by atoms with Crippen LogP contribution >= 0.6 is 0 Å². The molecule has 24 heavy (non-hydrogen) atoms. The van der Waals surface area contributed by atoms with Crippen LogP contribution in [0.2, 0.25) is 0 Å². The van der Waals surface area contributed by atoms with Gasteiger partial charge >= 0.3 is 11.9 Å². The molecule has 9 heteroatoms. The lowest BCUT2D eigenvalue weighted by Gasteiger charge is -2.15. The zero-order valence-corrected chi connectivity index (χ0v) is 13.7. The van der Waals surface area contributed by atoms with Gasteiger partial charge in [0.15, 0.2) is 0 Å². The molecular weight excluding hydrogens is 318 g/mol. The molecule has 0 aromatic carbocycles. The van der Waals surface area contributed by atoms with Crippen molar-refractivity contribution in [3.63, 3.8) is 0 Å². The first-order valence-electron chi connectivity index (χ1n) is 7.48. The smallest absolute Gasteiger partial charge is 0.342 e. The average molecular weight is 337 g/mol. The van der Waals surface area contributed by atoms with Crippen molar-refractivity contribution in [3.8, 4) is 0 Å². The molecule has 0 aliphatic carbocycles. The fraction of sp³-hybridized carbons (Fsp3) is 0.467. The zero-order valence-electron chi connectivity index (χ0n) is 13.7. The first-order chi connectivity index (χ1) is 11.5. The van der Waals surface area contributed by atoms with Crippen molar-refractivity contribution in [1.82, 2.24) is 9.97 Å². The molecule has 2 N–H and O–H groups in total. The molecule has 2 aromatic heterocycles. The van der Waals surface area contributed by atoms with Gasteiger partial charge in [-0.2, -0.15) is 0 Å². The highest BCUT2D eigenvalue weighted by molar-refractivity contribution is 6.08. The van der Waals surface area contributed by atoms with Crippen molar-refractivity contribution < 1.29 is 28.6 Å². The molecule has 2 aromatic rings. The molecule has 1 atom stereocenters. The van der Waals surface area contributed by atoms with Crippen molar-refractivity contribution in [3.05, 3.63) is 17.7 Å². The lowest BCUT2D eigenvalue weighted by molar-refractivity contribution is -0.144. The standard InChI is InChI=1S/C15H19N3O6/c1-4-22-14(20)9(6-19)18-12-11-10(15(21)23-5-2)8(3)24-13(11)17-7-16-12/h7,9,19H,4-6H2,1-3H3,(H,16,17,18)/t9-/m0/s1. The minimum atomic E-state index is -1.03. The Kier molecular flexibility index (Phi) is 5.69. The Hall–Kier alpha value is -2.68. The minimum Gasteiger partial charge on any atom is -0.464 e. The molecule has 9 nitrogen and oxygen atoms in total. The van der Waals surface area contributed by atoms with Crippen LogP contribution in [-0.4, -0.2) is 52.9 Å². The number of esters is 2. The monoisotopic (exact) mass is 337 g/mol. The Morgan fingerprint density at radius 2 is 2.00 bits per heavy atom. The van der Waals surface area contributed by atoms with E-state index in [0.29, 0.717) is 5.76 Å². The van der Waals surface area contributed by atoms with Gasteiger partial charge in [0.2, 0.25) is 5.71 Å². The number of fused-ring (bicyclic) bond motifs is 1. The van der Waals surface area contributed by atoms with Crippen LogP contribution in [0.3, 0.4) is 0 Å². The third-order valence-corrected chi connectivity index (χ3v) is 3.21. The number of aliphatic hydroxyl groups is 1. The maximum atomic E-state index is 12.2. The van der Waals surface area contributed by atoms with Crippen molar-refractivity contribution in [2.75, 3.05) is 25.1 Å². The number of rotatable bonds is 7. The van der Waals surface area contributed by atoms with E-state index in [0.717, 1.165) is 0 Å². The molecular formula is C15H19N3O6. The molecule has 0 aliphatic rings. The molecule has 0 saturated carbocycles. The number of carbonyl (C=O) groups excluding carboxylic acids is 2. The number of hydrogen-bond donors (Lipinski definition) is 2. The zero-order chi connectivity index (χ0) is 17.7. The average Bonchev–Trinajstić information content (AvgIpc) is 2.89. The van der Waals surface area contributed by atoms with E-state index in [1.807, 2.05) is 0 Å². The number of furan rings is 1. The number of aryl methyl sites for hydroxylation is 1. The van der Waals surface area contributed by atoms with Gasteiger partial charge in [-0.3, -0.25) is 0 Å². The van der Waals surface area contributed by atoms with E-state index in [2.05, 4.69) is 15.3 Å². The third-order valence-electron chi connectivity index (χ3n) is 3.21. The third kappa shape index (κ3) is 3.46. The minimum absolute atomic E-state index is 0.173. The van der Waals surface area contributed by atoms with Crippen LogP contribution in [0.25, 0.3) is 11.1 Å². The Bertz CT molecular complexity index is 742. The second-order valence-electron chi connectivity index (χ2n) is 4.79. The van der Waals surface area contributed by atoms with Crippen molar-refractivity contribution >= 4 is 28.9 Å². The number of hydrogen-bond acceptors (Lipinski definition) is 9. The van der Waals surface area contributed by atoms with E-state index in [4.69, 9.17) is 13.9 Å². The molecule has 0 radical (unpaired) electrons. The van der Waals surface area contributed by atoms with Crippen molar-refractivity contribution in [2.24, 2.45) is 0 Å². The van der Waals surface area contributed by atoms with Crippen LogP contribution < -0.4 is 5.32 Å². The molecule has 2 heterocycles. The summed E-state index contributed by atoms with van der Waals surface area (Å²) >= 11 is 0. The van der Waals surface area contributed by atoms with Gasteiger partial charge in [0.25, 0.3) is 0 Å². The number of nitrogens with one attached hydrogen (secondary N) is 1. The Labute approximate surface area is 138 Å². The predicted molar refractivity (Wildman–Crippen MR) is 83.6 cm³/mol. The highest BCUT2D eigenvalue weighted by Crippen LogP contribution is 2.30. The molecule has 0 saturated heterocycles. The summed E-state index contributed by atoms with van der Waals surface area (Å²) in [6.07, 6.45) is 1.22. The van der Waals surface area contributed by atoms with Gasteiger partial charge in [-0.05, 0) is 20.8 Å². The van der Waals surface area contributed by atoms with Crippen LogP contribution in [0, 0.1) is 6.92 Å². The van der Waals surface area contributed by atoms with Crippen molar-refractivity contribution in [1.29, 1.82) is 0 Å². The van der Waals surface area contributed by atoms with Crippen LogP contribution in [0.4, 0.5) is 5.82 Å². The van der Waals surface area contributed by atoms with E-state index in [9.17, 15) is 14.7 Å². The summed E-state index contributed by atoms with van der Waals surface area (Å²) in [6, 6.07) is -1.03. The Balaban J connectivity index is 2.46. The molecule has 2 rings (SSSR count). The van der Waals surface area contributed by atoms with E-state index >= 15 is 0 Å². The molecule has 0 amide bonds. The van der Waals surface area contributed by atoms with Gasteiger partial charge in [-0.25, -0.2) is 19.6 Å². The van der Waals surface area contributed by atoms with Gasteiger partial charge < -0.3 is 24.3 Å². The number of anilines is 1. The van der Waals surface area contributed by atoms with Gasteiger partial charge in [0.05, 0.1) is 25.2 Å². The molecule has 130 valence electrons. The van der Waals surface area contributed by atoms with Crippen molar-refractivity contribution in [2.45, 2.75) is 26.8 Å². The second-order valence-corrected chi connectivity index (χ2v) is 4.79. The maximum Gasteiger partial charge on any atom is 0.342 e. The van der Waals surface area contributed by atoms with Crippen LogP contribution in [-0.2, 0) is 14.3 Å². The highest BCUT2D eigenvalue weighted by atomic mass is 16.5. The largest absolute Gasteiger partial charge is 0.464 e. The lowest BCUT2D eigenvalue weighted by Crippen LogP contribution is -2.35. The van der Waals surface area contributed by atoms with Crippen LogP contribution in [0.15, 0.2) is 10.7 Å². The van der Waals surface area contributed by atoms with Crippen LogP contribution in [0.1, 0.15) is 30.0 Å². The SMILES string of the molecule is CCOC(=O)c1c(C)oc2ncnc(N[C@@H](CO)C(=O)OCC)c12. The summed E-state index contributed by atoms with van der Waals surface area (Å²) in [6.45, 7) is 4.82. The van der Waals surface area contributed by atoms with Gasteiger partial charge in [-0.15, -0.1) is 0 Å². The Morgan fingerprint density at radius 3 is 2.62 bits per heavy atom. The van der Waals surface area contributed by atoms with Gasteiger partial charge in [-0.1, -0.05) is 0 Å². The number of aromatic nitrogens is 2. The van der Waals surface area contributed by atoms with Crippen LogP contribution in [0.5, 0.6) is 0 Å². The topological polar surface area (TPSA) is 124 Å². The van der Waals surface area contributed by atoms with E-state index in [1.54, 1.807) is 20.8 Å². The summed E-state index contributed by atoms with van der Waals surface area (Å²) in [5, 5.41) is 12.5. The van der Waals surface area contributed by atoms with E-state index < -0.39 is 24.6 Å². The summed E-state index contributed by atoms with van der Waals surface area (Å²) < 4.78 is 15.4. The first-order valence-corrected chi connectivity index (χ1v) is 7.48. The summed E-state index contributed by atoms with van der Waals surface area (Å²) in [5.41, 5.74) is 0.351. The predicted octanol–water partition coefficient (Wildman–Crippen LogP) is 1.04. The molecule has 0 fully saturated rings. The number of nitrogens with zero attached hydrogens (tertiary/aromatic N) is 2. The fourth-order valence-electron chi connectivity index (χ4n) is 2.19. The quantitative estimate of drug-likeness (QED) is 0.713. The summed E-state index contributed by atoms with van der Waals surface area (Å²) in [7, 11) is 0. The number of carbonyl (C=O) groups is 2. The number of ether oxygens (including phenoxy) is 2. The molecule has 0 unspecified atom stereocenters. The van der Waals surface area contributed by atoms with Gasteiger partial charge in [0.1, 0.15) is 29.5 Å². The molecule has 0 spiro atoms. The normalized spacial score (nSPS) is 12.0. The highest BCUT2D eigenvalue weighted by Gasteiger charge is 2.26. The Morgan fingerprint density at radius 1 is 1.29 bits per heavy atom. The van der Waals surface area contributed by atoms with Gasteiger partial charge in [0, 0.05) is 0 Å². The summed E-state index contributed by atoms with van der Waals surface area (Å²) in [4.78, 5) is 32.0. The van der Waals surface area contributed by atoms with E-state index in [1.165, 1.54) is 6.33 Å². The number of aliphatic hydroxyl groups excluding tert-OH is 1. The second kappa shape index (κ2) is 7.73.